The van der Waals surface area contributed by atoms with Crippen molar-refractivity contribution in [2.24, 2.45) is 5.41 Å². The number of fused-ring (bicyclic) bond motifs is 4. The number of nitriles is 1. The molecule has 144 valence electrons. The Bertz CT molecular complexity index is 1150. The number of halogens is 1. The first-order valence-corrected chi connectivity index (χ1v) is 10.4. The number of rotatable bonds is 2. The molecule has 2 aromatic carbocycles. The van der Waals surface area contributed by atoms with Crippen LogP contribution < -0.4 is 4.90 Å². The number of aromatic nitrogens is 1. The van der Waals surface area contributed by atoms with Crippen LogP contribution in [0.2, 0.25) is 5.02 Å². The summed E-state index contributed by atoms with van der Waals surface area (Å²) >= 11 is 6.01. The number of piperidine rings is 1. The second-order valence-electron chi connectivity index (χ2n) is 7.96. The molecule has 1 saturated heterocycles. The zero-order chi connectivity index (χ0) is 20.0. The maximum Gasteiger partial charge on any atom is 0.185 e. The Labute approximate surface area is 174 Å². The zero-order valence-electron chi connectivity index (χ0n) is 15.9. The van der Waals surface area contributed by atoms with Gasteiger partial charge in [0.15, 0.2) is 5.78 Å². The number of ketones is 1. The minimum absolute atomic E-state index is 0.118. The lowest BCUT2D eigenvalue weighted by atomic mass is 9.66. The number of pyridine rings is 1. The number of nitrogens with zero attached hydrogens (tertiary/aromatic N) is 3. The van der Waals surface area contributed by atoms with E-state index in [0.717, 1.165) is 48.1 Å². The Morgan fingerprint density at radius 1 is 1.17 bits per heavy atom. The molecule has 2 atom stereocenters. The molecule has 2 aliphatic rings. The first-order chi connectivity index (χ1) is 14.1. The standard InChI is InChI=1S/C24H20ClN3O/c25-19-10-8-16(9-11-19)22(29)24(15-26)14-18-13-17-5-1-2-6-20(17)27-23(18)28-12-4-3-7-21(24)28/h1-2,5-6,8-11,13,21H,3-4,7,12,14H2/t21-,24-/m0/s1. The van der Waals surface area contributed by atoms with Gasteiger partial charge in [0.1, 0.15) is 11.2 Å². The summed E-state index contributed by atoms with van der Waals surface area (Å²) in [5.41, 5.74) is 1.35. The second-order valence-corrected chi connectivity index (χ2v) is 8.40. The van der Waals surface area contributed by atoms with Crippen molar-refractivity contribution in [3.05, 3.63) is 70.7 Å². The van der Waals surface area contributed by atoms with Gasteiger partial charge in [-0.25, -0.2) is 4.98 Å². The molecular formula is C24H20ClN3O. The summed E-state index contributed by atoms with van der Waals surface area (Å²) in [4.78, 5) is 20.8. The van der Waals surface area contributed by atoms with Crippen molar-refractivity contribution >= 4 is 34.1 Å². The van der Waals surface area contributed by atoms with Crippen LogP contribution in [0.4, 0.5) is 5.82 Å². The van der Waals surface area contributed by atoms with Crippen molar-refractivity contribution in [1.29, 1.82) is 5.26 Å². The number of carbonyl (C=O) groups excluding carboxylic acids is 1. The SMILES string of the molecule is N#C[C@@]1(C(=O)c2ccc(Cl)cc2)Cc2cc3ccccc3nc2N2CCCC[C@H]21. The molecule has 0 amide bonds. The molecule has 2 aliphatic heterocycles. The molecule has 5 heteroatoms. The molecule has 0 aliphatic carbocycles. The van der Waals surface area contributed by atoms with Gasteiger partial charge in [-0.05, 0) is 61.2 Å². The van der Waals surface area contributed by atoms with E-state index in [-0.39, 0.29) is 11.8 Å². The Morgan fingerprint density at radius 2 is 1.97 bits per heavy atom. The Kier molecular flexibility index (Phi) is 4.29. The van der Waals surface area contributed by atoms with Gasteiger partial charge >= 0.3 is 0 Å². The highest BCUT2D eigenvalue weighted by molar-refractivity contribution is 6.30. The van der Waals surface area contributed by atoms with Crippen LogP contribution in [0, 0.1) is 16.7 Å². The van der Waals surface area contributed by atoms with E-state index in [9.17, 15) is 10.1 Å². The average Bonchev–Trinajstić information content (AvgIpc) is 2.77. The third-order valence-electron chi connectivity index (χ3n) is 6.30. The highest BCUT2D eigenvalue weighted by Gasteiger charge is 2.53. The van der Waals surface area contributed by atoms with Gasteiger partial charge in [0.25, 0.3) is 0 Å². The van der Waals surface area contributed by atoms with Gasteiger partial charge in [0, 0.05) is 28.9 Å². The van der Waals surface area contributed by atoms with Crippen LogP contribution >= 0.6 is 11.6 Å². The highest BCUT2D eigenvalue weighted by Crippen LogP contribution is 2.46. The van der Waals surface area contributed by atoms with E-state index in [4.69, 9.17) is 16.6 Å². The van der Waals surface area contributed by atoms with Crippen LogP contribution in [-0.2, 0) is 6.42 Å². The van der Waals surface area contributed by atoms with E-state index in [0.29, 0.717) is 17.0 Å². The molecule has 4 nitrogen and oxygen atoms in total. The van der Waals surface area contributed by atoms with E-state index < -0.39 is 5.41 Å². The first-order valence-electron chi connectivity index (χ1n) is 9.99. The summed E-state index contributed by atoms with van der Waals surface area (Å²) in [6, 6.07) is 19.3. The monoisotopic (exact) mass is 401 g/mol. The normalized spacial score (nSPS) is 23.2. The predicted molar refractivity (Wildman–Crippen MR) is 114 cm³/mol. The molecule has 0 spiro atoms. The highest BCUT2D eigenvalue weighted by atomic mass is 35.5. The summed E-state index contributed by atoms with van der Waals surface area (Å²) in [6.07, 6.45) is 3.27. The zero-order valence-corrected chi connectivity index (χ0v) is 16.7. The third-order valence-corrected chi connectivity index (χ3v) is 6.56. The molecule has 3 aromatic rings. The van der Waals surface area contributed by atoms with Crippen molar-refractivity contribution in [1.82, 2.24) is 4.98 Å². The lowest BCUT2D eigenvalue weighted by Crippen LogP contribution is -2.58. The summed E-state index contributed by atoms with van der Waals surface area (Å²) in [5.74, 6) is 0.815. The Morgan fingerprint density at radius 3 is 2.76 bits per heavy atom. The Hall–Kier alpha value is -2.90. The maximum absolute atomic E-state index is 13.7. The van der Waals surface area contributed by atoms with E-state index in [1.165, 1.54) is 0 Å². The van der Waals surface area contributed by atoms with Gasteiger partial charge in [0.2, 0.25) is 0 Å². The summed E-state index contributed by atoms with van der Waals surface area (Å²) < 4.78 is 0. The van der Waals surface area contributed by atoms with E-state index in [1.54, 1.807) is 24.3 Å². The topological polar surface area (TPSA) is 57.0 Å². The molecule has 29 heavy (non-hydrogen) atoms. The maximum atomic E-state index is 13.7. The van der Waals surface area contributed by atoms with E-state index >= 15 is 0 Å². The van der Waals surface area contributed by atoms with Gasteiger partial charge in [-0.1, -0.05) is 29.8 Å². The van der Waals surface area contributed by atoms with Crippen LogP contribution in [0.25, 0.3) is 10.9 Å². The van der Waals surface area contributed by atoms with E-state index in [1.807, 2.05) is 24.3 Å². The number of hydrogen-bond acceptors (Lipinski definition) is 4. The lowest BCUT2D eigenvalue weighted by Gasteiger charge is -2.49. The fraction of sp³-hybridized carbons (Fsp3) is 0.292. The fourth-order valence-electron chi connectivity index (χ4n) is 4.90. The molecular weight excluding hydrogens is 382 g/mol. The number of anilines is 1. The smallest absolute Gasteiger partial charge is 0.185 e. The van der Waals surface area contributed by atoms with Crippen LogP contribution in [0.3, 0.4) is 0 Å². The van der Waals surface area contributed by atoms with Crippen molar-refractivity contribution < 1.29 is 4.79 Å². The molecule has 0 bridgehead atoms. The van der Waals surface area contributed by atoms with Gasteiger partial charge in [-0.15, -0.1) is 0 Å². The molecule has 0 radical (unpaired) electrons. The minimum atomic E-state index is -1.12. The predicted octanol–water partition coefficient (Wildman–Crippen LogP) is 5.20. The Balaban J connectivity index is 1.68. The van der Waals surface area contributed by atoms with Crippen LogP contribution in [0.15, 0.2) is 54.6 Å². The first kappa shape index (κ1) is 18.1. The van der Waals surface area contributed by atoms with Crippen LogP contribution in [0.1, 0.15) is 35.2 Å². The largest absolute Gasteiger partial charge is 0.351 e. The number of carbonyl (C=O) groups is 1. The lowest BCUT2D eigenvalue weighted by molar-refractivity contribution is 0.0799. The molecule has 3 heterocycles. The second kappa shape index (κ2) is 6.86. The van der Waals surface area contributed by atoms with Crippen molar-refractivity contribution in [3.63, 3.8) is 0 Å². The molecule has 0 saturated carbocycles. The van der Waals surface area contributed by atoms with Crippen LogP contribution in [0.5, 0.6) is 0 Å². The molecule has 0 N–H and O–H groups in total. The summed E-state index contributed by atoms with van der Waals surface area (Å²) in [5, 5.41) is 12.0. The van der Waals surface area contributed by atoms with Gasteiger partial charge in [0.05, 0.1) is 17.6 Å². The van der Waals surface area contributed by atoms with Crippen molar-refractivity contribution in [3.8, 4) is 6.07 Å². The summed E-state index contributed by atoms with van der Waals surface area (Å²) in [6.45, 7) is 0.820. The number of Topliss-reactive ketones (excluding diaryl/α,β-unsaturated/α-hetero) is 1. The van der Waals surface area contributed by atoms with Gasteiger partial charge < -0.3 is 4.90 Å². The quantitative estimate of drug-likeness (QED) is 0.554. The third kappa shape index (κ3) is 2.81. The molecule has 1 aromatic heterocycles. The van der Waals surface area contributed by atoms with Gasteiger partial charge in [-0.3, -0.25) is 4.79 Å². The fourth-order valence-corrected chi connectivity index (χ4v) is 5.03. The van der Waals surface area contributed by atoms with E-state index in [2.05, 4.69) is 17.0 Å². The molecule has 1 fully saturated rings. The van der Waals surface area contributed by atoms with Crippen LogP contribution in [-0.4, -0.2) is 23.4 Å². The molecule has 5 rings (SSSR count). The molecule has 0 unspecified atom stereocenters. The minimum Gasteiger partial charge on any atom is -0.351 e. The van der Waals surface area contributed by atoms with Crippen molar-refractivity contribution in [2.45, 2.75) is 31.7 Å². The summed E-state index contributed by atoms with van der Waals surface area (Å²) in [7, 11) is 0. The number of benzene rings is 2. The number of hydrogen-bond donors (Lipinski definition) is 0. The van der Waals surface area contributed by atoms with Gasteiger partial charge in [-0.2, -0.15) is 5.26 Å². The average molecular weight is 402 g/mol. The van der Waals surface area contributed by atoms with Crippen molar-refractivity contribution in [2.75, 3.05) is 11.4 Å². The number of para-hydroxylation sites is 1.